The Bertz CT molecular complexity index is 503. The molecule has 15 heavy (non-hydrogen) atoms. The van der Waals surface area contributed by atoms with Gasteiger partial charge in [0.15, 0.2) is 0 Å². The van der Waals surface area contributed by atoms with Gasteiger partial charge in [0.05, 0.1) is 11.6 Å². The van der Waals surface area contributed by atoms with Gasteiger partial charge in [-0.25, -0.2) is 8.78 Å². The minimum Gasteiger partial charge on any atom is -0.464 e. The van der Waals surface area contributed by atoms with Crippen LogP contribution in [-0.4, -0.2) is 6.29 Å². The molecule has 0 aliphatic rings. The van der Waals surface area contributed by atoms with Crippen LogP contribution in [0.15, 0.2) is 22.8 Å². The number of benzene rings is 1. The largest absolute Gasteiger partial charge is 0.464 e. The lowest BCUT2D eigenvalue weighted by molar-refractivity contribution is -0.107. The number of aryl methyl sites for hydroxylation is 1. The predicted molar refractivity (Wildman–Crippen MR) is 50.5 cm³/mol. The summed E-state index contributed by atoms with van der Waals surface area (Å²) in [5, 5.41) is 0.247. The second-order valence-corrected chi connectivity index (χ2v) is 3.19. The van der Waals surface area contributed by atoms with Crippen LogP contribution in [0.25, 0.3) is 11.0 Å². The maximum Gasteiger partial charge on any atom is 0.142 e. The van der Waals surface area contributed by atoms with Crippen molar-refractivity contribution in [2.24, 2.45) is 0 Å². The summed E-state index contributed by atoms with van der Waals surface area (Å²) < 4.78 is 31.6. The third-order valence-electron chi connectivity index (χ3n) is 2.25. The van der Waals surface area contributed by atoms with E-state index in [1.54, 1.807) is 0 Å². The number of hydrogen-bond donors (Lipinski definition) is 0. The summed E-state index contributed by atoms with van der Waals surface area (Å²) >= 11 is 0. The van der Waals surface area contributed by atoms with Crippen molar-refractivity contribution in [1.82, 2.24) is 0 Å². The van der Waals surface area contributed by atoms with Crippen LogP contribution in [0.5, 0.6) is 0 Å². The summed E-state index contributed by atoms with van der Waals surface area (Å²) in [7, 11) is 0. The molecule has 0 saturated heterocycles. The van der Waals surface area contributed by atoms with Gasteiger partial charge in [0.25, 0.3) is 0 Å². The Morgan fingerprint density at radius 1 is 1.33 bits per heavy atom. The number of aldehydes is 1. The Morgan fingerprint density at radius 3 is 2.87 bits per heavy atom. The van der Waals surface area contributed by atoms with E-state index in [1.807, 2.05) is 0 Å². The van der Waals surface area contributed by atoms with Gasteiger partial charge in [-0.1, -0.05) is 0 Å². The number of halogens is 2. The van der Waals surface area contributed by atoms with Crippen LogP contribution >= 0.6 is 0 Å². The average molecular weight is 210 g/mol. The van der Waals surface area contributed by atoms with Gasteiger partial charge >= 0.3 is 0 Å². The normalized spacial score (nSPS) is 10.8. The topological polar surface area (TPSA) is 30.2 Å². The lowest BCUT2D eigenvalue weighted by atomic mass is 10.1. The Hall–Kier alpha value is -1.71. The van der Waals surface area contributed by atoms with Crippen LogP contribution in [-0.2, 0) is 11.2 Å². The predicted octanol–water partition coefficient (Wildman–Crippen LogP) is 2.84. The summed E-state index contributed by atoms with van der Waals surface area (Å²) in [6.07, 6.45) is 2.41. The minimum absolute atomic E-state index is 0.189. The van der Waals surface area contributed by atoms with Crippen molar-refractivity contribution in [3.8, 4) is 0 Å². The van der Waals surface area contributed by atoms with Crippen LogP contribution in [0.1, 0.15) is 12.0 Å². The van der Waals surface area contributed by atoms with Crippen molar-refractivity contribution >= 4 is 17.3 Å². The van der Waals surface area contributed by atoms with Crippen molar-refractivity contribution in [2.75, 3.05) is 0 Å². The number of hydrogen-bond acceptors (Lipinski definition) is 2. The molecule has 0 bridgehead atoms. The molecule has 0 unspecified atom stereocenters. The number of furan rings is 1. The summed E-state index contributed by atoms with van der Waals surface area (Å²) in [4.78, 5) is 10.2. The van der Waals surface area contributed by atoms with E-state index in [4.69, 9.17) is 4.42 Å². The van der Waals surface area contributed by atoms with Crippen molar-refractivity contribution in [1.29, 1.82) is 0 Å². The molecule has 2 rings (SSSR count). The molecule has 0 amide bonds. The van der Waals surface area contributed by atoms with Crippen molar-refractivity contribution < 1.29 is 18.0 Å². The molecular weight excluding hydrogens is 202 g/mol. The second kappa shape index (κ2) is 3.81. The molecule has 0 N–H and O–H groups in total. The van der Waals surface area contributed by atoms with E-state index in [1.165, 1.54) is 12.3 Å². The number of rotatable bonds is 3. The van der Waals surface area contributed by atoms with E-state index in [0.717, 1.165) is 6.07 Å². The lowest BCUT2D eigenvalue weighted by Gasteiger charge is -2.02. The second-order valence-electron chi connectivity index (χ2n) is 3.19. The minimum atomic E-state index is -0.670. The van der Waals surface area contributed by atoms with Gasteiger partial charge in [0.1, 0.15) is 23.5 Å². The molecular formula is C11H8F2O2. The molecule has 2 aromatic rings. The quantitative estimate of drug-likeness (QED) is 0.729. The zero-order valence-electron chi connectivity index (χ0n) is 7.80. The van der Waals surface area contributed by atoms with Gasteiger partial charge in [0.2, 0.25) is 0 Å². The van der Waals surface area contributed by atoms with Crippen molar-refractivity contribution in [3.63, 3.8) is 0 Å². The van der Waals surface area contributed by atoms with Crippen molar-refractivity contribution in [2.45, 2.75) is 12.8 Å². The highest BCUT2D eigenvalue weighted by atomic mass is 19.1. The molecule has 0 fully saturated rings. The standard InChI is InChI=1S/C11H8F2O2/c12-9-6-10(13)8-3-5-15-11(8)7(9)2-1-4-14/h3-6H,1-2H2. The molecule has 1 aromatic carbocycles. The van der Waals surface area contributed by atoms with E-state index in [-0.39, 0.29) is 29.4 Å². The smallest absolute Gasteiger partial charge is 0.142 e. The fourth-order valence-electron chi connectivity index (χ4n) is 1.55. The van der Waals surface area contributed by atoms with E-state index in [0.29, 0.717) is 6.29 Å². The Balaban J connectivity index is 2.60. The zero-order valence-corrected chi connectivity index (χ0v) is 7.80. The monoisotopic (exact) mass is 210 g/mol. The molecule has 2 nitrogen and oxygen atoms in total. The third-order valence-corrected chi connectivity index (χ3v) is 2.25. The van der Waals surface area contributed by atoms with Crippen LogP contribution < -0.4 is 0 Å². The number of carbonyl (C=O) groups is 1. The van der Waals surface area contributed by atoms with Crippen LogP contribution in [0.3, 0.4) is 0 Å². The molecule has 4 heteroatoms. The van der Waals surface area contributed by atoms with Crippen LogP contribution in [0, 0.1) is 11.6 Å². The van der Waals surface area contributed by atoms with E-state index >= 15 is 0 Å². The summed E-state index contributed by atoms with van der Waals surface area (Å²) in [5.41, 5.74) is 0.442. The van der Waals surface area contributed by atoms with E-state index in [2.05, 4.69) is 0 Å². The average Bonchev–Trinajstić information content (AvgIpc) is 2.66. The highest BCUT2D eigenvalue weighted by molar-refractivity contribution is 5.81. The fourth-order valence-corrected chi connectivity index (χ4v) is 1.55. The van der Waals surface area contributed by atoms with Gasteiger partial charge in [-0.15, -0.1) is 0 Å². The highest BCUT2D eigenvalue weighted by Crippen LogP contribution is 2.26. The summed E-state index contributed by atoms with van der Waals surface area (Å²) in [5.74, 6) is -1.32. The Labute approximate surface area is 84.5 Å². The van der Waals surface area contributed by atoms with Crippen LogP contribution in [0.4, 0.5) is 8.78 Å². The van der Waals surface area contributed by atoms with Gasteiger partial charge < -0.3 is 9.21 Å². The fraction of sp³-hybridized carbons (Fsp3) is 0.182. The lowest BCUT2D eigenvalue weighted by Crippen LogP contribution is -1.94. The first-order valence-electron chi connectivity index (χ1n) is 4.51. The first kappa shape index (κ1) is 9.83. The van der Waals surface area contributed by atoms with Gasteiger partial charge in [-0.3, -0.25) is 0 Å². The van der Waals surface area contributed by atoms with Gasteiger partial charge in [-0.05, 0) is 12.5 Å². The van der Waals surface area contributed by atoms with Crippen LogP contribution in [0.2, 0.25) is 0 Å². The maximum absolute atomic E-state index is 13.4. The first-order valence-corrected chi connectivity index (χ1v) is 4.51. The van der Waals surface area contributed by atoms with E-state index < -0.39 is 11.6 Å². The molecule has 0 aliphatic carbocycles. The molecule has 0 saturated carbocycles. The van der Waals surface area contributed by atoms with E-state index in [9.17, 15) is 13.6 Å². The summed E-state index contributed by atoms with van der Waals surface area (Å²) in [6, 6.07) is 2.26. The highest BCUT2D eigenvalue weighted by Gasteiger charge is 2.14. The molecule has 0 atom stereocenters. The molecule has 78 valence electrons. The van der Waals surface area contributed by atoms with Gasteiger partial charge in [-0.2, -0.15) is 0 Å². The third kappa shape index (κ3) is 1.63. The SMILES string of the molecule is O=CCCc1c(F)cc(F)c2ccoc12. The maximum atomic E-state index is 13.4. The first-order chi connectivity index (χ1) is 7.24. The Morgan fingerprint density at radius 2 is 2.13 bits per heavy atom. The molecule has 0 aliphatic heterocycles. The molecule has 0 radical (unpaired) electrons. The number of carbonyl (C=O) groups excluding carboxylic acids is 1. The van der Waals surface area contributed by atoms with Crippen molar-refractivity contribution in [3.05, 3.63) is 35.6 Å². The molecule has 1 heterocycles. The molecule has 0 spiro atoms. The van der Waals surface area contributed by atoms with Gasteiger partial charge in [0, 0.05) is 18.1 Å². The molecule has 1 aromatic heterocycles. The zero-order chi connectivity index (χ0) is 10.8. The summed E-state index contributed by atoms with van der Waals surface area (Å²) in [6.45, 7) is 0. The number of fused-ring (bicyclic) bond motifs is 1. The Kier molecular flexibility index (Phi) is 2.49.